The van der Waals surface area contributed by atoms with Crippen LogP contribution in [-0.2, 0) is 18.4 Å². The number of piperidine rings is 1. The molecule has 0 amide bonds. The number of hydrogen-bond acceptors (Lipinski definition) is 5. The first kappa shape index (κ1) is 22.1. The van der Waals surface area contributed by atoms with E-state index in [0.717, 1.165) is 43.0 Å². The zero-order valence-corrected chi connectivity index (χ0v) is 19.5. The standard InChI is InChI=1S/C22H34N4O2S/c1-14-8-10-26(11-9-14)21-23-19-17(16(3)24-29(28)22(4,5)6)12-15(2)13-18(19)20(27)25(21)7/h12-14,16,24H,8-11H2,1-7H3/t16-,29?/m1/s1. The van der Waals surface area contributed by atoms with Gasteiger partial charge in [0.05, 0.1) is 16.9 Å². The summed E-state index contributed by atoms with van der Waals surface area (Å²) in [4.78, 5) is 20.4. The Bertz CT molecular complexity index is 942. The fourth-order valence-corrected chi connectivity index (χ4v) is 4.57. The van der Waals surface area contributed by atoms with Gasteiger partial charge in [-0.3, -0.25) is 9.36 Å². The number of aromatic nitrogens is 2. The van der Waals surface area contributed by atoms with Gasteiger partial charge < -0.3 is 9.45 Å². The lowest BCUT2D eigenvalue weighted by Gasteiger charge is -2.32. The molecule has 29 heavy (non-hydrogen) atoms. The molecule has 1 aliphatic heterocycles. The summed E-state index contributed by atoms with van der Waals surface area (Å²) in [6, 6.07) is 3.77. The SMILES string of the molecule is Cc1cc([C@@H](C)N[S+]([O-])C(C)(C)C)c2nc(N3CCC(C)CC3)n(C)c(=O)c2c1. The van der Waals surface area contributed by atoms with E-state index >= 15 is 0 Å². The van der Waals surface area contributed by atoms with E-state index in [4.69, 9.17) is 4.98 Å². The van der Waals surface area contributed by atoms with Gasteiger partial charge in [0, 0.05) is 37.1 Å². The van der Waals surface area contributed by atoms with Gasteiger partial charge in [0.25, 0.3) is 5.56 Å². The van der Waals surface area contributed by atoms with Gasteiger partial charge in [0.15, 0.2) is 0 Å². The molecule has 1 N–H and O–H groups in total. The van der Waals surface area contributed by atoms with Crippen LogP contribution in [-0.4, -0.2) is 31.9 Å². The summed E-state index contributed by atoms with van der Waals surface area (Å²) in [6.45, 7) is 13.9. The summed E-state index contributed by atoms with van der Waals surface area (Å²) >= 11 is -1.21. The smallest absolute Gasteiger partial charge is 0.262 e. The van der Waals surface area contributed by atoms with Crippen LogP contribution in [0, 0.1) is 12.8 Å². The molecule has 1 aliphatic rings. The number of benzene rings is 1. The third-order valence-corrected chi connectivity index (χ3v) is 7.38. The van der Waals surface area contributed by atoms with Crippen molar-refractivity contribution in [3.8, 4) is 0 Å². The summed E-state index contributed by atoms with van der Waals surface area (Å²) in [5, 5.41) is 0.617. The zero-order valence-electron chi connectivity index (χ0n) is 18.7. The second-order valence-electron chi connectivity index (χ2n) is 9.42. The topological polar surface area (TPSA) is 73.2 Å². The van der Waals surface area contributed by atoms with Gasteiger partial charge in [0.2, 0.25) is 5.95 Å². The highest BCUT2D eigenvalue weighted by Gasteiger charge is 2.29. The normalized spacial score (nSPS) is 18.3. The predicted octanol–water partition coefficient (Wildman–Crippen LogP) is 3.59. The molecule has 1 aromatic carbocycles. The molecule has 1 aromatic heterocycles. The maximum absolute atomic E-state index is 13.2. The van der Waals surface area contributed by atoms with Crippen LogP contribution in [0.1, 0.15) is 64.6 Å². The molecule has 0 radical (unpaired) electrons. The minimum atomic E-state index is -1.21. The maximum atomic E-state index is 13.2. The van der Waals surface area contributed by atoms with Crippen molar-refractivity contribution in [2.75, 3.05) is 18.0 Å². The fraction of sp³-hybridized carbons (Fsp3) is 0.636. The molecule has 160 valence electrons. The Hall–Kier alpha value is -1.57. The van der Waals surface area contributed by atoms with Gasteiger partial charge in [0.1, 0.15) is 4.75 Å². The largest absolute Gasteiger partial charge is 0.598 e. The van der Waals surface area contributed by atoms with Crippen molar-refractivity contribution in [2.45, 2.75) is 65.2 Å². The van der Waals surface area contributed by atoms with Crippen molar-refractivity contribution in [3.63, 3.8) is 0 Å². The van der Waals surface area contributed by atoms with Crippen LogP contribution in [0.3, 0.4) is 0 Å². The summed E-state index contributed by atoms with van der Waals surface area (Å²) in [7, 11) is 1.81. The minimum absolute atomic E-state index is 0.0299. The molecular weight excluding hydrogens is 384 g/mol. The first-order chi connectivity index (χ1) is 13.5. The van der Waals surface area contributed by atoms with Crippen LogP contribution >= 0.6 is 0 Å². The Morgan fingerprint density at radius 2 is 1.90 bits per heavy atom. The van der Waals surface area contributed by atoms with Gasteiger partial charge in [-0.15, -0.1) is 4.72 Å². The molecule has 0 saturated carbocycles. The Kier molecular flexibility index (Phi) is 6.32. The first-order valence-electron chi connectivity index (χ1n) is 10.4. The maximum Gasteiger partial charge on any atom is 0.262 e. The number of fused-ring (bicyclic) bond motifs is 1. The molecule has 1 saturated heterocycles. The van der Waals surface area contributed by atoms with Crippen molar-refractivity contribution < 1.29 is 4.55 Å². The van der Waals surface area contributed by atoms with Crippen LogP contribution < -0.4 is 15.2 Å². The fourth-order valence-electron chi connectivity index (χ4n) is 3.76. The van der Waals surface area contributed by atoms with Crippen molar-refractivity contribution >= 4 is 28.2 Å². The van der Waals surface area contributed by atoms with E-state index in [2.05, 4.69) is 16.5 Å². The third kappa shape index (κ3) is 4.62. The van der Waals surface area contributed by atoms with Crippen LogP contribution in [0.5, 0.6) is 0 Å². The quantitative estimate of drug-likeness (QED) is 0.768. The number of nitrogens with one attached hydrogen (secondary N) is 1. The monoisotopic (exact) mass is 418 g/mol. The van der Waals surface area contributed by atoms with Crippen molar-refractivity contribution in [1.29, 1.82) is 0 Å². The molecule has 1 fully saturated rings. The molecule has 2 heterocycles. The van der Waals surface area contributed by atoms with E-state index in [0.29, 0.717) is 16.8 Å². The summed E-state index contributed by atoms with van der Waals surface area (Å²) in [5.74, 6) is 1.43. The molecule has 0 spiro atoms. The van der Waals surface area contributed by atoms with Crippen molar-refractivity contribution in [1.82, 2.24) is 14.3 Å². The third-order valence-electron chi connectivity index (χ3n) is 5.70. The highest BCUT2D eigenvalue weighted by Crippen LogP contribution is 2.28. The molecule has 1 unspecified atom stereocenters. The minimum Gasteiger partial charge on any atom is -0.598 e. The molecule has 7 heteroatoms. The van der Waals surface area contributed by atoms with E-state index in [-0.39, 0.29) is 16.3 Å². The van der Waals surface area contributed by atoms with Gasteiger partial charge in [-0.1, -0.05) is 13.0 Å². The van der Waals surface area contributed by atoms with Gasteiger partial charge in [-0.25, -0.2) is 4.98 Å². The Morgan fingerprint density at radius 1 is 1.28 bits per heavy atom. The summed E-state index contributed by atoms with van der Waals surface area (Å²) in [6.07, 6.45) is 2.22. The Morgan fingerprint density at radius 3 is 2.48 bits per heavy atom. The lowest BCUT2D eigenvalue weighted by atomic mass is 9.99. The van der Waals surface area contributed by atoms with Crippen molar-refractivity contribution in [2.24, 2.45) is 13.0 Å². The van der Waals surface area contributed by atoms with E-state index < -0.39 is 11.4 Å². The lowest BCUT2D eigenvalue weighted by Crippen LogP contribution is -2.41. The first-order valence-corrected chi connectivity index (χ1v) is 11.6. The number of rotatable bonds is 4. The molecule has 6 nitrogen and oxygen atoms in total. The number of aryl methyl sites for hydroxylation is 1. The average Bonchev–Trinajstić information content (AvgIpc) is 2.64. The van der Waals surface area contributed by atoms with E-state index in [9.17, 15) is 9.35 Å². The molecule has 0 bridgehead atoms. The molecule has 2 aromatic rings. The number of hydrogen-bond donors (Lipinski definition) is 1. The zero-order chi connectivity index (χ0) is 21.5. The van der Waals surface area contributed by atoms with Crippen LogP contribution in [0.15, 0.2) is 16.9 Å². The van der Waals surface area contributed by atoms with Crippen molar-refractivity contribution in [3.05, 3.63) is 33.6 Å². The van der Waals surface area contributed by atoms with Gasteiger partial charge in [-0.05, 0) is 65.0 Å². The van der Waals surface area contributed by atoms with E-state index in [1.807, 2.05) is 46.8 Å². The molecule has 3 rings (SSSR count). The van der Waals surface area contributed by atoms with Crippen LogP contribution in [0.2, 0.25) is 0 Å². The van der Waals surface area contributed by atoms with Crippen LogP contribution in [0.4, 0.5) is 5.95 Å². The number of nitrogens with zero attached hydrogens (tertiary/aromatic N) is 3. The van der Waals surface area contributed by atoms with E-state index in [1.165, 1.54) is 0 Å². The highest BCUT2D eigenvalue weighted by molar-refractivity contribution is 7.90. The number of anilines is 1. The second-order valence-corrected chi connectivity index (χ2v) is 11.4. The second kappa shape index (κ2) is 8.28. The highest BCUT2D eigenvalue weighted by atomic mass is 32.2. The summed E-state index contributed by atoms with van der Waals surface area (Å²) in [5.41, 5.74) is 2.60. The molecule has 0 aliphatic carbocycles. The van der Waals surface area contributed by atoms with E-state index in [1.54, 1.807) is 11.6 Å². The summed E-state index contributed by atoms with van der Waals surface area (Å²) < 4.78 is 17.2. The molecule has 2 atom stereocenters. The lowest BCUT2D eigenvalue weighted by molar-refractivity contribution is 0.431. The van der Waals surface area contributed by atoms with Gasteiger partial charge in [-0.2, -0.15) is 0 Å². The molecular formula is C22H34N4O2S. The van der Waals surface area contributed by atoms with Crippen LogP contribution in [0.25, 0.3) is 10.9 Å². The Balaban J connectivity index is 2.09. The predicted molar refractivity (Wildman–Crippen MR) is 122 cm³/mol. The Labute approximate surface area is 177 Å². The average molecular weight is 419 g/mol. The van der Waals surface area contributed by atoms with Gasteiger partial charge >= 0.3 is 0 Å².